The van der Waals surface area contributed by atoms with Crippen molar-refractivity contribution in [2.24, 2.45) is 0 Å². The molecule has 1 aliphatic heterocycles. The van der Waals surface area contributed by atoms with Gasteiger partial charge in [0.2, 0.25) is 0 Å². The van der Waals surface area contributed by atoms with E-state index in [9.17, 15) is 14.3 Å². The molecule has 0 saturated carbocycles. The van der Waals surface area contributed by atoms with E-state index in [2.05, 4.69) is 4.98 Å². The van der Waals surface area contributed by atoms with E-state index in [1.807, 2.05) is 0 Å². The SMILES string of the molecule is Cc1cc(C2OC(CO)C(O)C2F)c[nH]c1=O. The van der Waals surface area contributed by atoms with E-state index in [0.29, 0.717) is 11.1 Å². The van der Waals surface area contributed by atoms with E-state index < -0.39 is 31.1 Å². The molecule has 17 heavy (non-hydrogen) atoms. The number of halogens is 1. The van der Waals surface area contributed by atoms with E-state index in [-0.39, 0.29) is 5.56 Å². The Morgan fingerprint density at radius 1 is 1.59 bits per heavy atom. The number of aryl methyl sites for hydroxylation is 1. The number of ether oxygens (including phenoxy) is 1. The lowest BCUT2D eigenvalue weighted by Gasteiger charge is -2.13. The van der Waals surface area contributed by atoms with E-state index in [0.717, 1.165) is 0 Å². The van der Waals surface area contributed by atoms with Gasteiger partial charge in [0.25, 0.3) is 5.56 Å². The monoisotopic (exact) mass is 243 g/mol. The fraction of sp³-hybridized carbons (Fsp3) is 0.545. The Hall–Kier alpha value is -1.24. The first-order chi connectivity index (χ1) is 8.04. The lowest BCUT2D eigenvalue weighted by molar-refractivity contribution is -0.0227. The summed E-state index contributed by atoms with van der Waals surface area (Å²) in [6.07, 6.45) is -3.49. The van der Waals surface area contributed by atoms with Gasteiger partial charge in [0.15, 0.2) is 6.17 Å². The maximum atomic E-state index is 13.8. The van der Waals surface area contributed by atoms with E-state index in [1.54, 1.807) is 6.92 Å². The van der Waals surface area contributed by atoms with Gasteiger partial charge in [-0.15, -0.1) is 0 Å². The van der Waals surface area contributed by atoms with Crippen LogP contribution < -0.4 is 5.56 Å². The predicted molar refractivity (Wildman–Crippen MR) is 57.4 cm³/mol. The van der Waals surface area contributed by atoms with Gasteiger partial charge in [0.1, 0.15) is 18.3 Å². The summed E-state index contributed by atoms with van der Waals surface area (Å²) >= 11 is 0. The molecule has 1 aromatic heterocycles. The fourth-order valence-corrected chi connectivity index (χ4v) is 1.93. The van der Waals surface area contributed by atoms with Crippen molar-refractivity contribution in [1.82, 2.24) is 4.98 Å². The fourth-order valence-electron chi connectivity index (χ4n) is 1.93. The molecule has 0 aromatic carbocycles. The normalized spacial score (nSPS) is 32.9. The number of aromatic nitrogens is 1. The Morgan fingerprint density at radius 3 is 2.82 bits per heavy atom. The summed E-state index contributed by atoms with van der Waals surface area (Å²) in [5, 5.41) is 18.4. The van der Waals surface area contributed by atoms with Crippen molar-refractivity contribution in [3.63, 3.8) is 0 Å². The first kappa shape index (κ1) is 12.2. The number of hydrogen-bond donors (Lipinski definition) is 3. The van der Waals surface area contributed by atoms with Gasteiger partial charge in [-0.3, -0.25) is 4.79 Å². The van der Waals surface area contributed by atoms with E-state index >= 15 is 0 Å². The van der Waals surface area contributed by atoms with Crippen molar-refractivity contribution in [3.8, 4) is 0 Å². The molecule has 1 fully saturated rings. The Labute approximate surface area is 96.9 Å². The smallest absolute Gasteiger partial charge is 0.250 e. The maximum Gasteiger partial charge on any atom is 0.250 e. The van der Waals surface area contributed by atoms with Gasteiger partial charge in [0, 0.05) is 17.3 Å². The number of hydrogen-bond acceptors (Lipinski definition) is 4. The first-order valence-corrected chi connectivity index (χ1v) is 5.32. The number of H-pyrrole nitrogens is 1. The van der Waals surface area contributed by atoms with Crippen LogP contribution >= 0.6 is 0 Å². The number of aliphatic hydroxyl groups is 2. The zero-order valence-corrected chi connectivity index (χ0v) is 9.26. The molecule has 1 saturated heterocycles. The van der Waals surface area contributed by atoms with Gasteiger partial charge in [-0.05, 0) is 13.0 Å². The van der Waals surface area contributed by atoms with Crippen molar-refractivity contribution in [2.75, 3.05) is 6.61 Å². The minimum atomic E-state index is -1.61. The van der Waals surface area contributed by atoms with E-state index in [4.69, 9.17) is 9.84 Å². The topological polar surface area (TPSA) is 82.5 Å². The average molecular weight is 243 g/mol. The van der Waals surface area contributed by atoms with Crippen molar-refractivity contribution < 1.29 is 19.3 Å². The number of aliphatic hydroxyl groups excluding tert-OH is 2. The summed E-state index contributed by atoms with van der Waals surface area (Å²) in [5.41, 5.74) is 0.645. The van der Waals surface area contributed by atoms with Gasteiger partial charge in [0.05, 0.1) is 6.61 Å². The van der Waals surface area contributed by atoms with Crippen LogP contribution in [0.1, 0.15) is 17.2 Å². The van der Waals surface area contributed by atoms with E-state index in [1.165, 1.54) is 12.3 Å². The van der Waals surface area contributed by atoms with Crippen LogP contribution in [0.15, 0.2) is 17.1 Å². The molecule has 4 atom stereocenters. The van der Waals surface area contributed by atoms with Crippen LogP contribution in [0, 0.1) is 6.92 Å². The third-order valence-corrected chi connectivity index (χ3v) is 2.94. The van der Waals surface area contributed by atoms with Crippen molar-refractivity contribution >= 4 is 0 Å². The predicted octanol–water partition coefficient (Wildman–Crippen LogP) is -0.185. The Kier molecular flexibility index (Phi) is 3.28. The second-order valence-corrected chi connectivity index (χ2v) is 4.16. The highest BCUT2D eigenvalue weighted by atomic mass is 19.1. The van der Waals surface area contributed by atoms with Crippen molar-refractivity contribution in [2.45, 2.75) is 31.4 Å². The second kappa shape index (κ2) is 4.56. The summed E-state index contributed by atoms with van der Waals surface area (Å²) in [5.74, 6) is 0. The number of aromatic amines is 1. The van der Waals surface area contributed by atoms with Gasteiger partial charge in [-0.2, -0.15) is 0 Å². The van der Waals surface area contributed by atoms with Crippen LogP contribution in [0.5, 0.6) is 0 Å². The van der Waals surface area contributed by atoms with Crippen LogP contribution in [0.25, 0.3) is 0 Å². The Balaban J connectivity index is 2.28. The van der Waals surface area contributed by atoms with Crippen LogP contribution in [0.2, 0.25) is 0 Å². The minimum Gasteiger partial charge on any atom is -0.394 e. The molecular weight excluding hydrogens is 229 g/mol. The van der Waals surface area contributed by atoms with Gasteiger partial charge < -0.3 is 19.9 Å². The molecule has 94 valence electrons. The number of alkyl halides is 1. The molecule has 0 spiro atoms. The highest BCUT2D eigenvalue weighted by Crippen LogP contribution is 2.35. The zero-order valence-electron chi connectivity index (χ0n) is 9.26. The molecule has 0 aliphatic carbocycles. The molecule has 1 aliphatic rings. The van der Waals surface area contributed by atoms with Crippen LogP contribution in [-0.2, 0) is 4.74 Å². The number of pyridine rings is 1. The number of nitrogens with one attached hydrogen (secondary N) is 1. The van der Waals surface area contributed by atoms with Gasteiger partial charge in [-0.25, -0.2) is 4.39 Å². The molecule has 4 unspecified atom stereocenters. The van der Waals surface area contributed by atoms with Crippen molar-refractivity contribution in [1.29, 1.82) is 0 Å². The lowest BCUT2D eigenvalue weighted by Crippen LogP contribution is -2.30. The molecule has 5 nitrogen and oxygen atoms in total. The molecule has 3 N–H and O–H groups in total. The first-order valence-electron chi connectivity index (χ1n) is 5.32. The highest BCUT2D eigenvalue weighted by molar-refractivity contribution is 5.22. The summed E-state index contributed by atoms with van der Waals surface area (Å²) in [6.45, 7) is 1.16. The highest BCUT2D eigenvalue weighted by Gasteiger charge is 2.44. The quantitative estimate of drug-likeness (QED) is 0.672. The zero-order chi connectivity index (χ0) is 12.6. The number of rotatable bonds is 2. The molecule has 1 aromatic rings. The molecule has 0 bridgehead atoms. The maximum absolute atomic E-state index is 13.8. The van der Waals surface area contributed by atoms with Crippen LogP contribution in [0.4, 0.5) is 4.39 Å². The molecule has 0 radical (unpaired) electrons. The van der Waals surface area contributed by atoms with Crippen molar-refractivity contribution in [3.05, 3.63) is 33.7 Å². The third-order valence-electron chi connectivity index (χ3n) is 2.94. The molecular formula is C11H14FNO4. The Morgan fingerprint density at radius 2 is 2.29 bits per heavy atom. The van der Waals surface area contributed by atoms with Crippen LogP contribution in [-0.4, -0.2) is 40.2 Å². The average Bonchev–Trinajstić information content (AvgIpc) is 2.60. The standard InChI is InChI=1S/C11H14FNO4/c1-5-2-6(3-13-11(5)16)10-8(12)9(15)7(4-14)17-10/h2-3,7-10,14-15H,4H2,1H3,(H,13,16). The van der Waals surface area contributed by atoms with Gasteiger partial charge in [-0.1, -0.05) is 0 Å². The summed E-state index contributed by atoms with van der Waals surface area (Å²) in [4.78, 5) is 13.6. The summed E-state index contributed by atoms with van der Waals surface area (Å²) < 4.78 is 19.0. The summed E-state index contributed by atoms with van der Waals surface area (Å²) in [7, 11) is 0. The minimum absolute atomic E-state index is 0.249. The molecule has 6 heteroatoms. The lowest BCUT2D eigenvalue weighted by atomic mass is 10.0. The molecule has 2 heterocycles. The molecule has 2 rings (SSSR count). The molecule has 0 amide bonds. The Bertz CT molecular complexity index is 461. The third kappa shape index (κ3) is 2.11. The van der Waals surface area contributed by atoms with Crippen LogP contribution in [0.3, 0.4) is 0 Å². The summed E-state index contributed by atoms with van der Waals surface area (Å²) in [6, 6.07) is 1.52. The van der Waals surface area contributed by atoms with Gasteiger partial charge >= 0.3 is 0 Å². The largest absolute Gasteiger partial charge is 0.394 e. The second-order valence-electron chi connectivity index (χ2n) is 4.16.